The molecule has 2 fully saturated rings. The summed E-state index contributed by atoms with van der Waals surface area (Å²) in [7, 11) is 0. The van der Waals surface area contributed by atoms with E-state index in [1.54, 1.807) is 0 Å². The van der Waals surface area contributed by atoms with Crippen LogP contribution in [0.1, 0.15) is 33.1 Å². The normalized spacial score (nSPS) is 27.1. The van der Waals surface area contributed by atoms with Gasteiger partial charge in [0, 0.05) is 19.6 Å². The molecular formula is C13H23N3O2. The van der Waals surface area contributed by atoms with Gasteiger partial charge >= 0.3 is 0 Å². The lowest BCUT2D eigenvalue weighted by molar-refractivity contribution is -0.134. The van der Waals surface area contributed by atoms with E-state index >= 15 is 0 Å². The molecule has 18 heavy (non-hydrogen) atoms. The van der Waals surface area contributed by atoms with Gasteiger partial charge in [-0.1, -0.05) is 13.8 Å². The summed E-state index contributed by atoms with van der Waals surface area (Å²) in [6, 6.07) is -0.243. The molecule has 2 N–H and O–H groups in total. The summed E-state index contributed by atoms with van der Waals surface area (Å²) in [5, 5.41) is 5.74. The van der Waals surface area contributed by atoms with Crippen molar-refractivity contribution in [3.05, 3.63) is 0 Å². The molecule has 2 aliphatic rings. The van der Waals surface area contributed by atoms with Crippen molar-refractivity contribution in [3.8, 4) is 0 Å². The molecule has 2 saturated heterocycles. The van der Waals surface area contributed by atoms with Crippen LogP contribution in [0.25, 0.3) is 0 Å². The van der Waals surface area contributed by atoms with Crippen molar-refractivity contribution in [1.29, 1.82) is 0 Å². The average Bonchev–Trinajstić information content (AvgIpc) is 2.84. The summed E-state index contributed by atoms with van der Waals surface area (Å²) in [5.41, 5.74) is 0.313. The number of carbonyl (C=O) groups excluding carboxylic acids is 2. The number of nitrogens with one attached hydrogen (secondary N) is 2. The van der Waals surface area contributed by atoms with Crippen molar-refractivity contribution in [2.24, 2.45) is 5.41 Å². The van der Waals surface area contributed by atoms with Gasteiger partial charge < -0.3 is 10.2 Å². The Kier molecular flexibility index (Phi) is 3.90. The van der Waals surface area contributed by atoms with Gasteiger partial charge in [0.05, 0.1) is 6.54 Å². The van der Waals surface area contributed by atoms with Gasteiger partial charge in [-0.3, -0.25) is 14.9 Å². The van der Waals surface area contributed by atoms with Crippen LogP contribution in [0.2, 0.25) is 0 Å². The lowest BCUT2D eigenvalue weighted by Gasteiger charge is -2.30. The van der Waals surface area contributed by atoms with Gasteiger partial charge in [-0.25, -0.2) is 0 Å². The Morgan fingerprint density at radius 1 is 1.44 bits per heavy atom. The van der Waals surface area contributed by atoms with Gasteiger partial charge in [-0.2, -0.15) is 0 Å². The molecule has 0 saturated carbocycles. The maximum Gasteiger partial charge on any atom is 0.241 e. The minimum atomic E-state index is -0.243. The second-order valence-corrected chi connectivity index (χ2v) is 5.45. The second kappa shape index (κ2) is 5.26. The summed E-state index contributed by atoms with van der Waals surface area (Å²) in [6.45, 7) is 6.79. The highest BCUT2D eigenvalue weighted by Gasteiger charge is 2.39. The maximum absolute atomic E-state index is 12.3. The molecule has 0 aromatic rings. The van der Waals surface area contributed by atoms with Crippen LogP contribution in [0.3, 0.4) is 0 Å². The number of likely N-dealkylation sites (tertiary alicyclic amines) is 1. The zero-order chi connectivity index (χ0) is 13.2. The van der Waals surface area contributed by atoms with Crippen molar-refractivity contribution in [2.75, 3.05) is 26.2 Å². The van der Waals surface area contributed by atoms with Gasteiger partial charge in [0.1, 0.15) is 6.04 Å². The third-order valence-corrected chi connectivity index (χ3v) is 4.56. The highest BCUT2D eigenvalue weighted by molar-refractivity contribution is 5.87. The van der Waals surface area contributed by atoms with E-state index in [1.165, 1.54) is 0 Å². The fraction of sp³-hybridized carbons (Fsp3) is 0.846. The number of carbonyl (C=O) groups is 2. The van der Waals surface area contributed by atoms with Crippen molar-refractivity contribution >= 4 is 11.8 Å². The number of piperazine rings is 1. The average molecular weight is 253 g/mol. The van der Waals surface area contributed by atoms with Gasteiger partial charge in [0.15, 0.2) is 0 Å². The van der Waals surface area contributed by atoms with Crippen molar-refractivity contribution in [3.63, 3.8) is 0 Å². The van der Waals surface area contributed by atoms with Crippen LogP contribution in [-0.2, 0) is 9.59 Å². The van der Waals surface area contributed by atoms with Crippen LogP contribution in [0, 0.1) is 5.41 Å². The van der Waals surface area contributed by atoms with E-state index in [2.05, 4.69) is 24.5 Å². The molecule has 0 aliphatic carbocycles. The summed E-state index contributed by atoms with van der Waals surface area (Å²) in [4.78, 5) is 25.3. The molecule has 1 unspecified atom stereocenters. The van der Waals surface area contributed by atoms with E-state index in [0.29, 0.717) is 12.0 Å². The molecule has 2 rings (SSSR count). The third-order valence-electron chi connectivity index (χ3n) is 4.56. The molecule has 2 aliphatic heterocycles. The molecule has 102 valence electrons. The van der Waals surface area contributed by atoms with E-state index in [-0.39, 0.29) is 24.4 Å². The number of hydrogen-bond acceptors (Lipinski definition) is 3. The monoisotopic (exact) mass is 253 g/mol. The zero-order valence-corrected chi connectivity index (χ0v) is 11.3. The maximum atomic E-state index is 12.3. The van der Waals surface area contributed by atoms with Crippen LogP contribution in [0.15, 0.2) is 0 Å². The number of nitrogens with zero attached hydrogens (tertiary/aromatic N) is 1. The minimum Gasteiger partial charge on any atom is -0.353 e. The van der Waals surface area contributed by atoms with Crippen LogP contribution in [-0.4, -0.2) is 48.9 Å². The quantitative estimate of drug-likeness (QED) is 0.750. The van der Waals surface area contributed by atoms with Crippen LogP contribution < -0.4 is 10.6 Å². The molecule has 0 aromatic carbocycles. The number of amides is 2. The van der Waals surface area contributed by atoms with Gasteiger partial charge in [-0.05, 0) is 24.7 Å². The Hall–Kier alpha value is -1.10. The van der Waals surface area contributed by atoms with Crippen molar-refractivity contribution in [2.45, 2.75) is 39.2 Å². The Morgan fingerprint density at radius 3 is 2.67 bits per heavy atom. The molecule has 5 nitrogen and oxygen atoms in total. The van der Waals surface area contributed by atoms with Crippen molar-refractivity contribution < 1.29 is 9.59 Å². The summed E-state index contributed by atoms with van der Waals surface area (Å²) >= 11 is 0. The van der Waals surface area contributed by atoms with Crippen LogP contribution in [0.5, 0.6) is 0 Å². The topological polar surface area (TPSA) is 61.4 Å². The zero-order valence-electron chi connectivity index (χ0n) is 11.3. The van der Waals surface area contributed by atoms with Gasteiger partial charge in [0.25, 0.3) is 0 Å². The summed E-state index contributed by atoms with van der Waals surface area (Å²) in [5.74, 6) is 0.107. The van der Waals surface area contributed by atoms with Gasteiger partial charge in [0.2, 0.25) is 11.8 Å². The summed E-state index contributed by atoms with van der Waals surface area (Å²) in [6.07, 6.45) is 3.36. The third kappa shape index (κ3) is 2.51. The molecule has 2 amide bonds. The van der Waals surface area contributed by atoms with E-state index in [1.807, 2.05) is 4.90 Å². The highest BCUT2D eigenvalue weighted by atomic mass is 16.2. The van der Waals surface area contributed by atoms with E-state index in [4.69, 9.17) is 0 Å². The molecule has 0 aromatic heterocycles. The summed E-state index contributed by atoms with van der Waals surface area (Å²) < 4.78 is 0. The first kappa shape index (κ1) is 13.3. The molecule has 0 spiro atoms. The minimum absolute atomic E-state index is 0.0306. The standard InChI is InChI=1S/C13H23N3O2/c1-3-13(4-2)5-6-16(9-13)12(18)10-7-15-11(17)8-14-10/h10,14H,3-9H2,1-2H3,(H,15,17). The Morgan fingerprint density at radius 2 is 2.17 bits per heavy atom. The number of rotatable bonds is 3. The highest BCUT2D eigenvalue weighted by Crippen LogP contribution is 2.37. The lowest BCUT2D eigenvalue weighted by atomic mass is 9.82. The largest absolute Gasteiger partial charge is 0.353 e. The molecular weight excluding hydrogens is 230 g/mol. The molecule has 0 bridgehead atoms. The fourth-order valence-corrected chi connectivity index (χ4v) is 2.91. The van der Waals surface area contributed by atoms with Crippen LogP contribution >= 0.6 is 0 Å². The SMILES string of the molecule is CCC1(CC)CCN(C(=O)C2CNC(=O)CN2)C1. The smallest absolute Gasteiger partial charge is 0.241 e. The molecule has 5 heteroatoms. The van der Waals surface area contributed by atoms with E-state index in [0.717, 1.165) is 32.4 Å². The first-order valence-corrected chi connectivity index (χ1v) is 6.89. The Labute approximate surface area is 108 Å². The Balaban J connectivity index is 1.93. The predicted molar refractivity (Wildman–Crippen MR) is 69.0 cm³/mol. The fourth-order valence-electron chi connectivity index (χ4n) is 2.91. The first-order chi connectivity index (χ1) is 8.60. The molecule has 2 heterocycles. The van der Waals surface area contributed by atoms with Crippen LogP contribution in [0.4, 0.5) is 0 Å². The second-order valence-electron chi connectivity index (χ2n) is 5.45. The van der Waals surface area contributed by atoms with E-state index < -0.39 is 0 Å². The Bertz CT molecular complexity index is 329. The lowest BCUT2D eigenvalue weighted by Crippen LogP contribution is -2.58. The number of hydrogen-bond donors (Lipinski definition) is 2. The first-order valence-electron chi connectivity index (χ1n) is 6.89. The predicted octanol–water partition coefficient (Wildman–Crippen LogP) is 0.113. The molecule has 0 radical (unpaired) electrons. The van der Waals surface area contributed by atoms with Crippen molar-refractivity contribution in [1.82, 2.24) is 15.5 Å². The van der Waals surface area contributed by atoms with E-state index in [9.17, 15) is 9.59 Å². The van der Waals surface area contributed by atoms with Gasteiger partial charge in [-0.15, -0.1) is 0 Å². The molecule has 1 atom stereocenters.